The van der Waals surface area contributed by atoms with E-state index in [1.807, 2.05) is 26.1 Å². The van der Waals surface area contributed by atoms with Gasteiger partial charge in [0, 0.05) is 38.3 Å². The van der Waals surface area contributed by atoms with Gasteiger partial charge in [-0.05, 0) is 25.1 Å². The van der Waals surface area contributed by atoms with E-state index in [4.69, 9.17) is 4.74 Å². The van der Waals surface area contributed by atoms with Gasteiger partial charge >= 0.3 is 0 Å². The van der Waals surface area contributed by atoms with Crippen molar-refractivity contribution in [1.82, 2.24) is 9.21 Å². The number of anilines is 1. The first-order valence-corrected chi connectivity index (χ1v) is 9.86. The fourth-order valence-corrected chi connectivity index (χ4v) is 4.42. The number of ether oxygens (including phenoxy) is 1. The molecule has 1 saturated heterocycles. The molecule has 0 aromatic heterocycles. The molecule has 8 heteroatoms. The molecule has 1 aromatic carbocycles. The van der Waals surface area contributed by atoms with Gasteiger partial charge in [-0.2, -0.15) is 4.31 Å². The van der Waals surface area contributed by atoms with Gasteiger partial charge in [-0.15, -0.1) is 0 Å². The van der Waals surface area contributed by atoms with Crippen LogP contribution in [-0.2, 0) is 10.0 Å². The van der Waals surface area contributed by atoms with Crippen molar-refractivity contribution in [3.05, 3.63) is 23.8 Å². The Balaban J connectivity index is 1.77. The van der Waals surface area contributed by atoms with Gasteiger partial charge < -0.3 is 14.5 Å². The summed E-state index contributed by atoms with van der Waals surface area (Å²) in [5, 5.41) is 0. The first-order chi connectivity index (χ1) is 11.3. The molecule has 2 aliphatic heterocycles. The third-order valence-electron chi connectivity index (χ3n) is 4.58. The van der Waals surface area contributed by atoms with E-state index < -0.39 is 10.0 Å². The molecule has 132 valence electrons. The molecule has 0 aliphatic carbocycles. The molecule has 24 heavy (non-hydrogen) atoms. The lowest BCUT2D eigenvalue weighted by molar-refractivity contribution is 0.0643. The van der Waals surface area contributed by atoms with E-state index in [0.29, 0.717) is 31.8 Å². The Morgan fingerprint density at radius 1 is 1.25 bits per heavy atom. The van der Waals surface area contributed by atoms with Crippen LogP contribution in [0.5, 0.6) is 5.75 Å². The third-order valence-corrected chi connectivity index (χ3v) is 5.98. The number of benzene rings is 1. The zero-order valence-corrected chi connectivity index (χ0v) is 15.0. The van der Waals surface area contributed by atoms with Crippen molar-refractivity contribution in [1.29, 1.82) is 0 Å². The van der Waals surface area contributed by atoms with Gasteiger partial charge in [0.2, 0.25) is 10.0 Å². The standard InChI is InChI=1S/C16H23N3O4S/c1-12-11-18(6-7-19(12)24(3,21)22)16(20)13-4-5-15-14(10-13)17(2)8-9-23-15/h4-5,10,12H,6-9,11H2,1-3H3/t12-/m0/s1. The number of carbonyl (C=O) groups excluding carboxylic acids is 1. The number of hydrogen-bond donors (Lipinski definition) is 0. The summed E-state index contributed by atoms with van der Waals surface area (Å²) < 4.78 is 30.5. The van der Waals surface area contributed by atoms with Crippen molar-refractivity contribution in [3.63, 3.8) is 0 Å². The average molecular weight is 353 g/mol. The molecule has 0 radical (unpaired) electrons. The van der Waals surface area contributed by atoms with Crippen molar-refractivity contribution in [2.75, 3.05) is 51.0 Å². The SMILES string of the molecule is C[C@H]1CN(C(=O)c2ccc3c(c2)N(C)CCO3)CCN1S(C)(=O)=O. The summed E-state index contributed by atoms with van der Waals surface area (Å²) in [6, 6.07) is 5.23. The Morgan fingerprint density at radius 3 is 2.67 bits per heavy atom. The number of amides is 1. The monoisotopic (exact) mass is 353 g/mol. The molecule has 1 aromatic rings. The van der Waals surface area contributed by atoms with Crippen LogP contribution >= 0.6 is 0 Å². The molecule has 0 bridgehead atoms. The first-order valence-electron chi connectivity index (χ1n) is 8.01. The van der Waals surface area contributed by atoms with E-state index in [9.17, 15) is 13.2 Å². The van der Waals surface area contributed by atoms with Gasteiger partial charge in [0.1, 0.15) is 12.4 Å². The molecular weight excluding hydrogens is 330 g/mol. The van der Waals surface area contributed by atoms with Crippen molar-refractivity contribution >= 4 is 21.6 Å². The maximum Gasteiger partial charge on any atom is 0.254 e. The summed E-state index contributed by atoms with van der Waals surface area (Å²) in [5.41, 5.74) is 1.51. The Morgan fingerprint density at radius 2 is 2.00 bits per heavy atom. The lowest BCUT2D eigenvalue weighted by atomic mass is 10.1. The number of fused-ring (bicyclic) bond motifs is 1. The van der Waals surface area contributed by atoms with Crippen molar-refractivity contribution in [2.45, 2.75) is 13.0 Å². The minimum atomic E-state index is -3.24. The molecule has 1 fully saturated rings. The third kappa shape index (κ3) is 3.21. The molecule has 0 N–H and O–H groups in total. The highest BCUT2D eigenvalue weighted by atomic mass is 32.2. The highest BCUT2D eigenvalue weighted by Gasteiger charge is 2.32. The van der Waals surface area contributed by atoms with Crippen LogP contribution in [-0.4, -0.2) is 75.7 Å². The number of carbonyl (C=O) groups is 1. The van der Waals surface area contributed by atoms with E-state index in [2.05, 4.69) is 4.90 Å². The normalized spacial score (nSPS) is 22.0. The van der Waals surface area contributed by atoms with Crippen LogP contribution in [0.25, 0.3) is 0 Å². The van der Waals surface area contributed by atoms with Crippen LogP contribution in [0, 0.1) is 0 Å². The minimum absolute atomic E-state index is 0.0724. The average Bonchev–Trinajstić information content (AvgIpc) is 2.53. The molecule has 0 spiro atoms. The van der Waals surface area contributed by atoms with Crippen LogP contribution in [0.3, 0.4) is 0 Å². The Hall–Kier alpha value is -1.80. The predicted octanol–water partition coefficient (Wildman–Crippen LogP) is 0.621. The van der Waals surface area contributed by atoms with Crippen molar-refractivity contribution < 1.29 is 17.9 Å². The van der Waals surface area contributed by atoms with Crippen molar-refractivity contribution in [3.8, 4) is 5.75 Å². The number of hydrogen-bond acceptors (Lipinski definition) is 5. The molecule has 1 amide bonds. The molecule has 0 unspecified atom stereocenters. The maximum atomic E-state index is 12.8. The van der Waals surface area contributed by atoms with Gasteiger partial charge in [0.05, 0.1) is 18.5 Å². The number of likely N-dealkylation sites (N-methyl/N-ethyl adjacent to an activating group) is 1. The van der Waals surface area contributed by atoms with E-state index in [1.54, 1.807) is 11.0 Å². The minimum Gasteiger partial charge on any atom is -0.490 e. The summed E-state index contributed by atoms with van der Waals surface area (Å²) in [5.74, 6) is 0.715. The largest absolute Gasteiger partial charge is 0.490 e. The Bertz CT molecular complexity index is 750. The molecule has 2 heterocycles. The topological polar surface area (TPSA) is 70.2 Å². The first kappa shape index (κ1) is 17.0. The zero-order chi connectivity index (χ0) is 17.5. The summed E-state index contributed by atoms with van der Waals surface area (Å²) in [7, 11) is -1.26. The van der Waals surface area contributed by atoms with E-state index in [-0.39, 0.29) is 11.9 Å². The highest BCUT2D eigenvalue weighted by Crippen LogP contribution is 2.32. The highest BCUT2D eigenvalue weighted by molar-refractivity contribution is 7.88. The lowest BCUT2D eigenvalue weighted by Crippen LogP contribution is -2.55. The Kier molecular flexibility index (Phi) is 4.44. The molecule has 1 atom stereocenters. The van der Waals surface area contributed by atoms with Crippen molar-refractivity contribution in [2.24, 2.45) is 0 Å². The van der Waals surface area contributed by atoms with Gasteiger partial charge in [0.25, 0.3) is 5.91 Å². The Labute approximate surface area is 142 Å². The number of sulfonamides is 1. The molecule has 7 nitrogen and oxygen atoms in total. The van der Waals surface area contributed by atoms with Crippen LogP contribution in [0.4, 0.5) is 5.69 Å². The summed E-state index contributed by atoms with van der Waals surface area (Å²) in [4.78, 5) is 16.6. The van der Waals surface area contributed by atoms with E-state index in [0.717, 1.165) is 18.0 Å². The molecular formula is C16H23N3O4S. The summed E-state index contributed by atoms with van der Waals surface area (Å²) >= 11 is 0. The van der Waals surface area contributed by atoms with Gasteiger partial charge in [-0.25, -0.2) is 8.42 Å². The second-order valence-corrected chi connectivity index (χ2v) is 8.36. The quantitative estimate of drug-likeness (QED) is 0.780. The maximum absolute atomic E-state index is 12.8. The summed E-state index contributed by atoms with van der Waals surface area (Å²) in [6.07, 6.45) is 1.21. The van der Waals surface area contributed by atoms with Crippen LogP contribution < -0.4 is 9.64 Å². The van der Waals surface area contributed by atoms with E-state index >= 15 is 0 Å². The molecule has 3 rings (SSSR count). The second-order valence-electron chi connectivity index (χ2n) is 6.43. The predicted molar refractivity (Wildman–Crippen MR) is 92.1 cm³/mol. The van der Waals surface area contributed by atoms with Crippen LogP contribution in [0.15, 0.2) is 18.2 Å². The number of nitrogens with zero attached hydrogens (tertiary/aromatic N) is 3. The lowest BCUT2D eigenvalue weighted by Gasteiger charge is -2.38. The summed E-state index contributed by atoms with van der Waals surface area (Å²) in [6.45, 7) is 4.39. The smallest absolute Gasteiger partial charge is 0.254 e. The zero-order valence-electron chi connectivity index (χ0n) is 14.2. The number of rotatable bonds is 2. The van der Waals surface area contributed by atoms with E-state index in [1.165, 1.54) is 10.6 Å². The van der Waals surface area contributed by atoms with Gasteiger partial charge in [-0.3, -0.25) is 4.79 Å². The molecule has 2 aliphatic rings. The van der Waals surface area contributed by atoms with Gasteiger partial charge in [-0.1, -0.05) is 0 Å². The van der Waals surface area contributed by atoms with Crippen LogP contribution in [0.2, 0.25) is 0 Å². The fraction of sp³-hybridized carbons (Fsp3) is 0.562. The fourth-order valence-electron chi connectivity index (χ4n) is 3.28. The molecule has 0 saturated carbocycles. The van der Waals surface area contributed by atoms with Crippen LogP contribution in [0.1, 0.15) is 17.3 Å². The second kappa shape index (κ2) is 6.25. The number of piperazine rings is 1. The van der Waals surface area contributed by atoms with Gasteiger partial charge in [0.15, 0.2) is 0 Å².